The minimum absolute atomic E-state index is 0.0151. The molecule has 0 aliphatic carbocycles. The Morgan fingerprint density at radius 1 is 1.17 bits per heavy atom. The number of hydrogen-bond donors (Lipinski definition) is 3. The lowest BCUT2D eigenvalue weighted by molar-refractivity contribution is -0.384. The molecule has 0 saturated carbocycles. The first kappa shape index (κ1) is 15.2. The molecule has 8 heteroatoms. The van der Waals surface area contributed by atoms with Crippen LogP contribution in [0.3, 0.4) is 0 Å². The normalized spacial score (nSPS) is 10.7. The largest absolute Gasteiger partial charge is 0.503 e. The molecule has 0 bridgehead atoms. The zero-order valence-corrected chi connectivity index (χ0v) is 12.0. The van der Waals surface area contributed by atoms with Crippen LogP contribution in [-0.2, 0) is 0 Å². The number of rotatable bonds is 3. The van der Waals surface area contributed by atoms with Gasteiger partial charge in [0, 0.05) is 23.1 Å². The highest BCUT2D eigenvalue weighted by molar-refractivity contribution is 5.94. The van der Waals surface area contributed by atoms with Gasteiger partial charge in [-0.1, -0.05) is 12.1 Å². The summed E-state index contributed by atoms with van der Waals surface area (Å²) in [6.07, 6.45) is 0. The fraction of sp³-hybridized carbons (Fsp3) is 0. The second-order valence-electron chi connectivity index (χ2n) is 5.05. The minimum Gasteiger partial charge on any atom is -0.503 e. The van der Waals surface area contributed by atoms with E-state index in [0.29, 0.717) is 0 Å². The Hall–Kier alpha value is -3.68. The molecule has 2 aromatic carbocycles. The fourth-order valence-corrected chi connectivity index (χ4v) is 2.40. The number of pyridine rings is 1. The molecule has 24 heavy (non-hydrogen) atoms. The van der Waals surface area contributed by atoms with Crippen molar-refractivity contribution in [2.24, 2.45) is 0 Å². The number of carboxylic acids is 1. The van der Waals surface area contributed by atoms with E-state index in [0.717, 1.165) is 0 Å². The lowest BCUT2D eigenvalue weighted by Gasteiger charge is -2.08. The number of nitrogens with zero attached hydrogens (tertiary/aromatic N) is 1. The lowest BCUT2D eigenvalue weighted by Crippen LogP contribution is -2.06. The van der Waals surface area contributed by atoms with Crippen LogP contribution in [0.1, 0.15) is 10.4 Å². The van der Waals surface area contributed by atoms with Crippen LogP contribution in [0.5, 0.6) is 5.75 Å². The molecule has 3 aromatic rings. The molecule has 0 aliphatic heterocycles. The maximum absolute atomic E-state index is 12.3. The molecule has 0 amide bonds. The molecule has 0 spiro atoms. The third-order valence-corrected chi connectivity index (χ3v) is 3.57. The number of hydrogen-bond acceptors (Lipinski definition) is 5. The maximum Gasteiger partial charge on any atom is 0.335 e. The summed E-state index contributed by atoms with van der Waals surface area (Å²) in [5, 5.41) is 30.2. The van der Waals surface area contributed by atoms with Gasteiger partial charge in [0.2, 0.25) is 5.43 Å². The maximum atomic E-state index is 12.3. The third kappa shape index (κ3) is 2.45. The van der Waals surface area contributed by atoms with E-state index in [2.05, 4.69) is 4.98 Å². The molecule has 0 atom stereocenters. The summed E-state index contributed by atoms with van der Waals surface area (Å²) in [4.78, 5) is 36.4. The van der Waals surface area contributed by atoms with E-state index >= 15 is 0 Å². The summed E-state index contributed by atoms with van der Waals surface area (Å²) >= 11 is 0. The number of H-pyrrole nitrogens is 1. The number of benzene rings is 2. The van der Waals surface area contributed by atoms with E-state index in [4.69, 9.17) is 5.11 Å². The van der Waals surface area contributed by atoms with E-state index in [1.165, 1.54) is 42.5 Å². The minimum atomic E-state index is -1.16. The molecule has 1 heterocycles. The van der Waals surface area contributed by atoms with Crippen LogP contribution in [0.25, 0.3) is 22.2 Å². The van der Waals surface area contributed by atoms with Crippen molar-refractivity contribution in [1.82, 2.24) is 4.98 Å². The van der Waals surface area contributed by atoms with Crippen molar-refractivity contribution in [1.29, 1.82) is 0 Å². The van der Waals surface area contributed by atoms with E-state index in [-0.39, 0.29) is 33.4 Å². The first-order valence-electron chi connectivity index (χ1n) is 6.75. The number of aromatic carboxylic acids is 1. The SMILES string of the molecule is O=C(O)c1ccc2c(=O)c(O)c(-c3cccc([N+](=O)[O-])c3)[nH]c2c1. The molecule has 1 aromatic heterocycles. The van der Waals surface area contributed by atoms with E-state index in [1.54, 1.807) is 0 Å². The summed E-state index contributed by atoms with van der Waals surface area (Å²) < 4.78 is 0. The number of aromatic hydroxyl groups is 1. The number of nitro groups is 1. The summed E-state index contributed by atoms with van der Waals surface area (Å²) in [5.41, 5.74) is -0.498. The number of carbonyl (C=O) groups is 1. The molecule has 0 radical (unpaired) electrons. The van der Waals surface area contributed by atoms with Gasteiger partial charge in [-0.05, 0) is 18.2 Å². The quantitative estimate of drug-likeness (QED) is 0.500. The molecule has 3 N–H and O–H groups in total. The van der Waals surface area contributed by atoms with Crippen molar-refractivity contribution < 1.29 is 19.9 Å². The highest BCUT2D eigenvalue weighted by Gasteiger charge is 2.16. The zero-order chi connectivity index (χ0) is 17.4. The predicted molar refractivity (Wildman–Crippen MR) is 85.3 cm³/mol. The summed E-state index contributed by atoms with van der Waals surface area (Å²) in [6.45, 7) is 0. The zero-order valence-electron chi connectivity index (χ0n) is 12.0. The first-order chi connectivity index (χ1) is 11.4. The van der Waals surface area contributed by atoms with Crippen LogP contribution in [-0.4, -0.2) is 26.1 Å². The van der Waals surface area contributed by atoms with Gasteiger partial charge in [-0.3, -0.25) is 14.9 Å². The number of nitrogens with one attached hydrogen (secondary N) is 1. The van der Waals surface area contributed by atoms with Crippen molar-refractivity contribution in [3.05, 3.63) is 68.4 Å². The van der Waals surface area contributed by atoms with Crippen molar-refractivity contribution in [3.8, 4) is 17.0 Å². The van der Waals surface area contributed by atoms with Gasteiger partial charge in [-0.25, -0.2) is 4.79 Å². The predicted octanol–water partition coefficient (Wildman–Crippen LogP) is 2.51. The number of aromatic nitrogens is 1. The molecule has 3 rings (SSSR count). The second-order valence-corrected chi connectivity index (χ2v) is 5.05. The number of non-ortho nitro benzene ring substituents is 1. The highest BCUT2D eigenvalue weighted by atomic mass is 16.6. The number of carboxylic acid groups (broad SMARTS) is 1. The Labute approximate surface area is 133 Å². The monoisotopic (exact) mass is 326 g/mol. The molecule has 0 saturated heterocycles. The molecule has 8 nitrogen and oxygen atoms in total. The lowest BCUT2D eigenvalue weighted by atomic mass is 10.1. The number of aromatic amines is 1. The van der Waals surface area contributed by atoms with E-state index < -0.39 is 22.1 Å². The summed E-state index contributed by atoms with van der Waals surface area (Å²) in [6, 6.07) is 9.22. The number of fused-ring (bicyclic) bond motifs is 1. The van der Waals surface area contributed by atoms with Gasteiger partial charge in [-0.2, -0.15) is 0 Å². The van der Waals surface area contributed by atoms with Crippen molar-refractivity contribution in [2.75, 3.05) is 0 Å². The smallest absolute Gasteiger partial charge is 0.335 e. The van der Waals surface area contributed by atoms with Crippen molar-refractivity contribution in [3.63, 3.8) is 0 Å². The van der Waals surface area contributed by atoms with Gasteiger partial charge in [0.05, 0.1) is 21.7 Å². The fourth-order valence-electron chi connectivity index (χ4n) is 2.40. The molecule has 0 unspecified atom stereocenters. The first-order valence-corrected chi connectivity index (χ1v) is 6.75. The standard InChI is InChI=1S/C16H10N2O6/c19-14-11-5-4-9(16(21)22)7-12(11)17-13(15(14)20)8-2-1-3-10(6-8)18(23)24/h1-7,20H,(H,17,19)(H,21,22). The Bertz CT molecular complexity index is 1050. The van der Waals surface area contributed by atoms with Gasteiger partial charge in [-0.15, -0.1) is 0 Å². The van der Waals surface area contributed by atoms with Gasteiger partial charge in [0.15, 0.2) is 5.75 Å². The Morgan fingerprint density at radius 2 is 1.92 bits per heavy atom. The Morgan fingerprint density at radius 3 is 2.58 bits per heavy atom. The Kier molecular flexibility index (Phi) is 3.49. The van der Waals surface area contributed by atoms with E-state index in [1.807, 2.05) is 0 Å². The van der Waals surface area contributed by atoms with Crippen LogP contribution in [0.15, 0.2) is 47.3 Å². The van der Waals surface area contributed by atoms with Gasteiger partial charge in [0.1, 0.15) is 0 Å². The van der Waals surface area contributed by atoms with Crippen LogP contribution >= 0.6 is 0 Å². The molecule has 0 aliphatic rings. The van der Waals surface area contributed by atoms with Gasteiger partial charge < -0.3 is 15.2 Å². The average molecular weight is 326 g/mol. The summed E-state index contributed by atoms with van der Waals surface area (Å²) in [5.74, 6) is -1.76. The molecular weight excluding hydrogens is 316 g/mol. The topological polar surface area (TPSA) is 134 Å². The van der Waals surface area contributed by atoms with E-state index in [9.17, 15) is 24.8 Å². The van der Waals surface area contributed by atoms with Crippen LogP contribution in [0.4, 0.5) is 5.69 Å². The van der Waals surface area contributed by atoms with Crippen molar-refractivity contribution in [2.45, 2.75) is 0 Å². The van der Waals surface area contributed by atoms with Gasteiger partial charge in [0.25, 0.3) is 5.69 Å². The molecular formula is C16H10N2O6. The van der Waals surface area contributed by atoms with Crippen LogP contribution < -0.4 is 5.43 Å². The molecule has 120 valence electrons. The van der Waals surface area contributed by atoms with Gasteiger partial charge >= 0.3 is 5.97 Å². The highest BCUT2D eigenvalue weighted by Crippen LogP contribution is 2.29. The molecule has 0 fully saturated rings. The number of nitro benzene ring substituents is 1. The van der Waals surface area contributed by atoms with Crippen molar-refractivity contribution >= 4 is 22.6 Å². The third-order valence-electron chi connectivity index (χ3n) is 3.57. The summed E-state index contributed by atoms with van der Waals surface area (Å²) in [7, 11) is 0. The van der Waals surface area contributed by atoms with Crippen LogP contribution in [0, 0.1) is 10.1 Å². The van der Waals surface area contributed by atoms with Crippen LogP contribution in [0.2, 0.25) is 0 Å². The Balaban J connectivity index is 2.30. The second kappa shape index (κ2) is 5.51. The average Bonchev–Trinajstić information content (AvgIpc) is 2.57.